The van der Waals surface area contributed by atoms with Crippen LogP contribution in [0.3, 0.4) is 0 Å². The predicted octanol–water partition coefficient (Wildman–Crippen LogP) is 5.22. The molecule has 1 saturated heterocycles. The highest BCUT2D eigenvalue weighted by Crippen LogP contribution is 2.44. The molecule has 2 aliphatic heterocycles. The van der Waals surface area contributed by atoms with Crippen molar-refractivity contribution in [1.82, 2.24) is 10.2 Å². The van der Waals surface area contributed by atoms with Crippen LogP contribution in [0.15, 0.2) is 34.5 Å². The Hall–Kier alpha value is -0.730. The van der Waals surface area contributed by atoms with Crippen LogP contribution in [0.5, 0.6) is 0 Å². The number of allylic oxidation sites excluding steroid dienone is 4. The number of likely N-dealkylation sites (tertiary alicyclic amines) is 1. The maximum absolute atomic E-state index is 6.25. The fraction of sp³-hybridized carbons (Fsp3) is 0.714. The fourth-order valence-corrected chi connectivity index (χ4v) is 4.94. The molecule has 1 N–H and O–H groups in total. The first-order valence-corrected chi connectivity index (χ1v) is 10.2. The number of piperidine rings is 1. The molecule has 0 atom stereocenters. The standard InChI is InChI=1S/C21H33ClN2/c1-3-7-20-19(14-17(2)22)21(16-23-20)10-12-24(13-11-21)15-18-8-5-4-6-9-18/h3,7,14,18,23H,4-6,8-13,15-16H2,1-2H3/b7-3-,17-14+. The van der Waals surface area contributed by atoms with Gasteiger partial charge in [-0.2, -0.15) is 0 Å². The minimum Gasteiger partial charge on any atom is -0.384 e. The van der Waals surface area contributed by atoms with Crippen LogP contribution >= 0.6 is 11.6 Å². The Morgan fingerprint density at radius 3 is 2.58 bits per heavy atom. The third-order valence-electron chi connectivity index (χ3n) is 6.21. The molecule has 1 spiro atoms. The Morgan fingerprint density at radius 1 is 1.25 bits per heavy atom. The maximum Gasteiger partial charge on any atom is 0.0376 e. The summed E-state index contributed by atoms with van der Waals surface area (Å²) in [6.45, 7) is 8.95. The van der Waals surface area contributed by atoms with Crippen molar-refractivity contribution in [3.8, 4) is 0 Å². The van der Waals surface area contributed by atoms with Gasteiger partial charge in [-0.1, -0.05) is 36.9 Å². The average Bonchev–Trinajstić information content (AvgIpc) is 2.89. The van der Waals surface area contributed by atoms with Gasteiger partial charge < -0.3 is 10.2 Å². The molecule has 3 rings (SSSR count). The molecule has 3 heteroatoms. The molecule has 1 saturated carbocycles. The normalized spacial score (nSPS) is 26.5. The number of halogens is 1. The number of hydrogen-bond acceptors (Lipinski definition) is 2. The van der Waals surface area contributed by atoms with Crippen molar-refractivity contribution in [1.29, 1.82) is 0 Å². The Bertz CT molecular complexity index is 514. The first-order valence-electron chi connectivity index (χ1n) is 9.80. The van der Waals surface area contributed by atoms with E-state index in [4.69, 9.17) is 11.6 Å². The van der Waals surface area contributed by atoms with E-state index in [-0.39, 0.29) is 5.41 Å². The molecule has 2 heterocycles. The second-order valence-electron chi connectivity index (χ2n) is 8.00. The van der Waals surface area contributed by atoms with Crippen LogP contribution in [0, 0.1) is 11.3 Å². The zero-order valence-electron chi connectivity index (χ0n) is 15.4. The molecule has 0 unspecified atom stereocenters. The Labute approximate surface area is 153 Å². The molecule has 0 radical (unpaired) electrons. The van der Waals surface area contributed by atoms with Crippen molar-refractivity contribution in [2.45, 2.75) is 58.8 Å². The van der Waals surface area contributed by atoms with Gasteiger partial charge in [0.25, 0.3) is 0 Å². The zero-order valence-corrected chi connectivity index (χ0v) is 16.2. The van der Waals surface area contributed by atoms with E-state index >= 15 is 0 Å². The lowest BCUT2D eigenvalue weighted by Crippen LogP contribution is -2.44. The van der Waals surface area contributed by atoms with Crippen molar-refractivity contribution in [2.24, 2.45) is 11.3 Å². The van der Waals surface area contributed by atoms with E-state index in [2.05, 4.69) is 35.4 Å². The third kappa shape index (κ3) is 4.08. The topological polar surface area (TPSA) is 15.3 Å². The summed E-state index contributed by atoms with van der Waals surface area (Å²) in [5.41, 5.74) is 3.00. The van der Waals surface area contributed by atoms with Crippen molar-refractivity contribution < 1.29 is 0 Å². The van der Waals surface area contributed by atoms with Crippen LogP contribution < -0.4 is 5.32 Å². The smallest absolute Gasteiger partial charge is 0.0376 e. The summed E-state index contributed by atoms with van der Waals surface area (Å²) in [4.78, 5) is 2.73. The van der Waals surface area contributed by atoms with E-state index in [0.29, 0.717) is 0 Å². The molecule has 0 aromatic carbocycles. The van der Waals surface area contributed by atoms with Crippen LogP contribution in [-0.2, 0) is 0 Å². The van der Waals surface area contributed by atoms with Gasteiger partial charge >= 0.3 is 0 Å². The van der Waals surface area contributed by atoms with E-state index in [0.717, 1.165) is 17.5 Å². The van der Waals surface area contributed by atoms with Crippen LogP contribution in [-0.4, -0.2) is 31.1 Å². The zero-order chi connectivity index (χ0) is 17.0. The van der Waals surface area contributed by atoms with Gasteiger partial charge in [-0.05, 0) is 76.3 Å². The second kappa shape index (κ2) is 8.10. The summed E-state index contributed by atoms with van der Waals surface area (Å²) in [7, 11) is 0. The van der Waals surface area contributed by atoms with Crippen molar-refractivity contribution >= 4 is 11.6 Å². The molecule has 2 fully saturated rings. The molecule has 0 amide bonds. The molecular formula is C21H33ClN2. The van der Waals surface area contributed by atoms with Crippen LogP contribution in [0.2, 0.25) is 0 Å². The summed E-state index contributed by atoms with van der Waals surface area (Å²) < 4.78 is 0. The molecule has 2 nitrogen and oxygen atoms in total. The van der Waals surface area contributed by atoms with E-state index in [1.54, 1.807) is 0 Å². The maximum atomic E-state index is 6.25. The Morgan fingerprint density at radius 2 is 1.96 bits per heavy atom. The van der Waals surface area contributed by atoms with E-state index in [1.807, 2.05) is 6.92 Å². The van der Waals surface area contributed by atoms with Crippen molar-refractivity contribution in [3.05, 3.63) is 34.5 Å². The minimum absolute atomic E-state index is 0.286. The minimum atomic E-state index is 0.286. The van der Waals surface area contributed by atoms with Gasteiger partial charge in [0.1, 0.15) is 0 Å². The van der Waals surface area contributed by atoms with Gasteiger partial charge in [-0.25, -0.2) is 0 Å². The molecule has 3 aliphatic rings. The Balaban J connectivity index is 1.66. The lowest BCUT2D eigenvalue weighted by molar-refractivity contribution is 0.115. The van der Waals surface area contributed by atoms with Gasteiger partial charge in [-0.3, -0.25) is 0 Å². The number of rotatable bonds is 4. The van der Waals surface area contributed by atoms with Gasteiger partial charge in [-0.15, -0.1) is 0 Å². The van der Waals surface area contributed by atoms with Crippen LogP contribution in [0.1, 0.15) is 58.8 Å². The highest BCUT2D eigenvalue weighted by atomic mass is 35.5. The fourth-order valence-electron chi connectivity index (χ4n) is 4.83. The predicted molar refractivity (Wildman–Crippen MR) is 104 cm³/mol. The summed E-state index contributed by atoms with van der Waals surface area (Å²) in [6, 6.07) is 0. The second-order valence-corrected chi connectivity index (χ2v) is 8.59. The summed E-state index contributed by atoms with van der Waals surface area (Å²) in [5.74, 6) is 0.952. The molecule has 1 aliphatic carbocycles. The summed E-state index contributed by atoms with van der Waals surface area (Å²) >= 11 is 6.25. The molecule has 0 aromatic heterocycles. The number of nitrogens with one attached hydrogen (secondary N) is 1. The molecule has 24 heavy (non-hydrogen) atoms. The highest BCUT2D eigenvalue weighted by Gasteiger charge is 2.42. The SMILES string of the molecule is C/C=C\C1=C(/C=C(\C)Cl)C2(CCN(CC3CCCCC3)CC2)CN1. The largest absolute Gasteiger partial charge is 0.384 e. The molecule has 0 aromatic rings. The van der Waals surface area contributed by atoms with Gasteiger partial charge in [0.2, 0.25) is 0 Å². The lowest BCUT2D eigenvalue weighted by atomic mass is 9.73. The first-order chi connectivity index (χ1) is 11.6. The van der Waals surface area contributed by atoms with Gasteiger partial charge in [0.05, 0.1) is 0 Å². The van der Waals surface area contributed by atoms with Gasteiger partial charge in [0.15, 0.2) is 0 Å². The van der Waals surface area contributed by atoms with Crippen molar-refractivity contribution in [2.75, 3.05) is 26.2 Å². The molecule has 134 valence electrons. The quantitative estimate of drug-likeness (QED) is 0.748. The van der Waals surface area contributed by atoms with Crippen LogP contribution in [0.4, 0.5) is 0 Å². The molecule has 0 bridgehead atoms. The highest BCUT2D eigenvalue weighted by molar-refractivity contribution is 6.29. The number of hydrogen-bond donors (Lipinski definition) is 1. The van der Waals surface area contributed by atoms with E-state index in [1.165, 1.54) is 75.9 Å². The third-order valence-corrected chi connectivity index (χ3v) is 6.32. The number of nitrogens with zero attached hydrogens (tertiary/aromatic N) is 1. The Kier molecular flexibility index (Phi) is 6.10. The van der Waals surface area contributed by atoms with Gasteiger partial charge in [0, 0.05) is 29.2 Å². The first kappa shape index (κ1) is 18.1. The average molecular weight is 349 g/mol. The monoisotopic (exact) mass is 348 g/mol. The van der Waals surface area contributed by atoms with Crippen molar-refractivity contribution in [3.63, 3.8) is 0 Å². The lowest BCUT2D eigenvalue weighted by Gasteiger charge is -2.41. The van der Waals surface area contributed by atoms with E-state index in [9.17, 15) is 0 Å². The van der Waals surface area contributed by atoms with E-state index < -0.39 is 0 Å². The summed E-state index contributed by atoms with van der Waals surface area (Å²) in [5, 5.41) is 4.53. The van der Waals surface area contributed by atoms with Crippen LogP contribution in [0.25, 0.3) is 0 Å². The summed E-state index contributed by atoms with van der Waals surface area (Å²) in [6.07, 6.45) is 16.3. The molecular weight excluding hydrogens is 316 g/mol.